The van der Waals surface area contributed by atoms with Gasteiger partial charge in [0.2, 0.25) is 0 Å². The third-order valence-corrected chi connectivity index (χ3v) is 4.21. The van der Waals surface area contributed by atoms with E-state index in [1.165, 1.54) is 9.80 Å². The number of thiocarbonyl (C=S) groups is 1. The number of benzene rings is 1. The van der Waals surface area contributed by atoms with Crippen molar-refractivity contribution in [2.45, 2.75) is 0 Å². The van der Waals surface area contributed by atoms with Gasteiger partial charge in [0.05, 0.1) is 5.69 Å². The Morgan fingerprint density at radius 2 is 1.67 bits per heavy atom. The molecule has 1 aromatic carbocycles. The number of para-hydroxylation sites is 1. The van der Waals surface area contributed by atoms with Crippen LogP contribution in [0.3, 0.4) is 0 Å². The van der Waals surface area contributed by atoms with Crippen molar-refractivity contribution in [3.8, 4) is 0 Å². The Hall–Kier alpha value is -2.81. The maximum atomic E-state index is 12.2. The molecule has 0 aromatic heterocycles. The van der Waals surface area contributed by atoms with Crippen LogP contribution in [0.4, 0.5) is 5.69 Å². The third-order valence-electron chi connectivity index (χ3n) is 3.81. The predicted molar refractivity (Wildman–Crippen MR) is 87.8 cm³/mol. The molecule has 1 aromatic rings. The van der Waals surface area contributed by atoms with E-state index in [0.29, 0.717) is 18.8 Å². The Morgan fingerprint density at radius 3 is 2.38 bits per heavy atom. The first-order chi connectivity index (χ1) is 11.5. The van der Waals surface area contributed by atoms with Crippen LogP contribution in [0.2, 0.25) is 0 Å². The molecule has 2 fully saturated rings. The lowest BCUT2D eigenvalue weighted by atomic mass is 10.3. The number of anilines is 1. The van der Waals surface area contributed by atoms with Crippen molar-refractivity contribution in [2.24, 2.45) is 0 Å². The average Bonchev–Trinajstić information content (AvgIpc) is 2.80. The van der Waals surface area contributed by atoms with Crippen molar-refractivity contribution in [3.63, 3.8) is 0 Å². The summed E-state index contributed by atoms with van der Waals surface area (Å²) in [7, 11) is 0. The van der Waals surface area contributed by atoms with Crippen LogP contribution in [0.25, 0.3) is 0 Å². The van der Waals surface area contributed by atoms with Crippen molar-refractivity contribution in [2.75, 3.05) is 31.1 Å². The molecule has 2 heterocycles. The van der Waals surface area contributed by atoms with E-state index in [1.807, 2.05) is 0 Å². The SMILES string of the molecule is O=C1NCCN(CCN2C(=O)C(=O)N(c3ccccc3)C2=S)C1=O. The van der Waals surface area contributed by atoms with Crippen LogP contribution in [0.5, 0.6) is 0 Å². The van der Waals surface area contributed by atoms with Gasteiger partial charge in [-0.1, -0.05) is 18.2 Å². The fourth-order valence-corrected chi connectivity index (χ4v) is 2.93. The third kappa shape index (κ3) is 2.73. The van der Waals surface area contributed by atoms with E-state index in [9.17, 15) is 19.2 Å². The number of nitrogens with one attached hydrogen (secondary N) is 1. The van der Waals surface area contributed by atoms with E-state index >= 15 is 0 Å². The Kier molecular flexibility index (Phi) is 4.26. The van der Waals surface area contributed by atoms with E-state index in [4.69, 9.17) is 12.2 Å². The summed E-state index contributed by atoms with van der Waals surface area (Å²) >= 11 is 5.24. The Morgan fingerprint density at radius 1 is 0.958 bits per heavy atom. The molecule has 0 unspecified atom stereocenters. The van der Waals surface area contributed by atoms with Crippen LogP contribution < -0.4 is 10.2 Å². The van der Waals surface area contributed by atoms with E-state index in [-0.39, 0.29) is 18.2 Å². The van der Waals surface area contributed by atoms with Crippen molar-refractivity contribution in [3.05, 3.63) is 30.3 Å². The largest absolute Gasteiger partial charge is 0.346 e. The lowest BCUT2D eigenvalue weighted by Crippen LogP contribution is -2.54. The van der Waals surface area contributed by atoms with Gasteiger partial charge < -0.3 is 10.2 Å². The van der Waals surface area contributed by atoms with E-state index < -0.39 is 23.6 Å². The second-order valence-electron chi connectivity index (χ2n) is 5.26. The van der Waals surface area contributed by atoms with Crippen molar-refractivity contribution >= 4 is 46.6 Å². The molecule has 1 N–H and O–H groups in total. The molecule has 124 valence electrons. The van der Waals surface area contributed by atoms with Crippen molar-refractivity contribution in [1.82, 2.24) is 15.1 Å². The molecular formula is C15H14N4O4S. The van der Waals surface area contributed by atoms with Crippen LogP contribution in [-0.4, -0.2) is 64.7 Å². The molecule has 2 saturated heterocycles. The number of hydrogen-bond acceptors (Lipinski definition) is 5. The molecule has 2 aliphatic heterocycles. The zero-order chi connectivity index (χ0) is 17.3. The number of piperazine rings is 1. The smallest absolute Gasteiger partial charge is 0.323 e. The molecule has 24 heavy (non-hydrogen) atoms. The number of carbonyl (C=O) groups excluding carboxylic acids is 4. The van der Waals surface area contributed by atoms with Crippen LogP contribution >= 0.6 is 12.2 Å². The average molecular weight is 346 g/mol. The summed E-state index contributed by atoms with van der Waals surface area (Å²) in [6.45, 7) is 0.910. The molecule has 9 heteroatoms. The number of nitrogens with zero attached hydrogens (tertiary/aromatic N) is 3. The standard InChI is InChI=1S/C15H14N4O4S/c20-11-12(21)17(7-6-16-11)8-9-18-13(22)14(23)19(15(18)24)10-4-2-1-3-5-10/h1-5H,6-9H2,(H,16,20). The van der Waals surface area contributed by atoms with Crippen LogP contribution in [0.1, 0.15) is 0 Å². The minimum absolute atomic E-state index is 0.0613. The van der Waals surface area contributed by atoms with Gasteiger partial charge in [0.15, 0.2) is 5.11 Å². The molecule has 0 saturated carbocycles. The Bertz CT molecular complexity index is 736. The number of carbonyl (C=O) groups is 4. The highest BCUT2D eigenvalue weighted by Crippen LogP contribution is 2.21. The lowest BCUT2D eigenvalue weighted by molar-refractivity contribution is -0.148. The number of hydrogen-bond donors (Lipinski definition) is 1. The van der Waals surface area contributed by atoms with Crippen molar-refractivity contribution in [1.29, 1.82) is 0 Å². The molecule has 0 aliphatic carbocycles. The van der Waals surface area contributed by atoms with Gasteiger partial charge in [-0.05, 0) is 24.4 Å². The topological polar surface area (TPSA) is 90.0 Å². The number of rotatable bonds is 4. The van der Waals surface area contributed by atoms with Gasteiger partial charge in [-0.2, -0.15) is 0 Å². The Balaban J connectivity index is 1.71. The quantitative estimate of drug-likeness (QED) is 0.564. The van der Waals surface area contributed by atoms with Gasteiger partial charge >= 0.3 is 23.6 Å². The fraction of sp³-hybridized carbons (Fsp3) is 0.267. The monoisotopic (exact) mass is 346 g/mol. The second-order valence-corrected chi connectivity index (χ2v) is 5.63. The summed E-state index contributed by atoms with van der Waals surface area (Å²) in [5, 5.41) is 2.52. The first kappa shape index (κ1) is 16.1. The van der Waals surface area contributed by atoms with Gasteiger partial charge in [-0.15, -0.1) is 0 Å². The van der Waals surface area contributed by atoms with Gasteiger partial charge in [-0.3, -0.25) is 24.1 Å². The van der Waals surface area contributed by atoms with Crippen LogP contribution in [0.15, 0.2) is 30.3 Å². The lowest BCUT2D eigenvalue weighted by Gasteiger charge is -2.28. The second kappa shape index (κ2) is 6.36. The molecule has 3 rings (SSSR count). The van der Waals surface area contributed by atoms with Gasteiger partial charge in [-0.25, -0.2) is 4.90 Å². The molecule has 0 radical (unpaired) electrons. The van der Waals surface area contributed by atoms with E-state index in [1.54, 1.807) is 30.3 Å². The summed E-state index contributed by atoms with van der Waals surface area (Å²) in [6.07, 6.45) is 0. The maximum Gasteiger partial charge on any atom is 0.323 e. The van der Waals surface area contributed by atoms with Gasteiger partial charge in [0, 0.05) is 26.2 Å². The molecule has 0 bridgehead atoms. The van der Waals surface area contributed by atoms with E-state index in [2.05, 4.69) is 5.32 Å². The molecule has 8 nitrogen and oxygen atoms in total. The fourth-order valence-electron chi connectivity index (χ4n) is 2.57. The van der Waals surface area contributed by atoms with Gasteiger partial charge in [0.25, 0.3) is 0 Å². The first-order valence-electron chi connectivity index (χ1n) is 7.33. The molecule has 4 amide bonds. The zero-order valence-electron chi connectivity index (χ0n) is 12.6. The highest BCUT2D eigenvalue weighted by molar-refractivity contribution is 7.80. The summed E-state index contributed by atoms with van der Waals surface area (Å²) in [6, 6.07) is 8.63. The highest BCUT2D eigenvalue weighted by Gasteiger charge is 2.42. The summed E-state index contributed by atoms with van der Waals surface area (Å²) in [4.78, 5) is 51.1. The Labute approximate surface area is 143 Å². The first-order valence-corrected chi connectivity index (χ1v) is 7.73. The summed E-state index contributed by atoms with van der Waals surface area (Å²) in [5.74, 6) is -2.78. The summed E-state index contributed by atoms with van der Waals surface area (Å²) in [5.41, 5.74) is 0.511. The van der Waals surface area contributed by atoms with Crippen molar-refractivity contribution < 1.29 is 19.2 Å². The maximum absolute atomic E-state index is 12.2. The molecule has 0 spiro atoms. The molecular weight excluding hydrogens is 332 g/mol. The minimum atomic E-state index is -0.738. The number of amides is 4. The summed E-state index contributed by atoms with van der Waals surface area (Å²) < 4.78 is 0. The van der Waals surface area contributed by atoms with Crippen LogP contribution in [0, 0.1) is 0 Å². The zero-order valence-corrected chi connectivity index (χ0v) is 13.4. The van der Waals surface area contributed by atoms with E-state index in [0.717, 1.165) is 4.90 Å². The molecule has 0 atom stereocenters. The van der Waals surface area contributed by atoms with Gasteiger partial charge in [0.1, 0.15) is 0 Å². The normalized spacial score (nSPS) is 18.5. The predicted octanol–water partition coefficient (Wildman–Crippen LogP) is -0.895. The highest BCUT2D eigenvalue weighted by atomic mass is 32.1. The minimum Gasteiger partial charge on any atom is -0.346 e. The van der Waals surface area contributed by atoms with Crippen LogP contribution in [-0.2, 0) is 19.2 Å². The molecule has 2 aliphatic rings.